The maximum Gasteiger partial charge on any atom is 0.342 e. The molecule has 0 atom stereocenters. The van der Waals surface area contributed by atoms with Gasteiger partial charge >= 0.3 is 11.7 Å². The zero-order chi connectivity index (χ0) is 11.0. The van der Waals surface area contributed by atoms with Gasteiger partial charge in [0.2, 0.25) is 0 Å². The number of aromatic amines is 1. The van der Waals surface area contributed by atoms with Crippen molar-refractivity contribution in [3.63, 3.8) is 0 Å². The Morgan fingerprint density at radius 1 is 1.53 bits per heavy atom. The Hall–Kier alpha value is -1.85. The van der Waals surface area contributed by atoms with Crippen LogP contribution < -0.4 is 11.2 Å². The van der Waals surface area contributed by atoms with Crippen molar-refractivity contribution >= 4 is 5.97 Å². The Labute approximate surface area is 84.2 Å². The van der Waals surface area contributed by atoms with Gasteiger partial charge in [-0.3, -0.25) is 14.3 Å². The van der Waals surface area contributed by atoms with Crippen molar-refractivity contribution in [3.8, 4) is 0 Å². The molecule has 0 aromatic carbocycles. The van der Waals surface area contributed by atoms with Gasteiger partial charge < -0.3 is 5.11 Å². The Morgan fingerprint density at radius 3 is 2.73 bits per heavy atom. The molecule has 1 aromatic rings. The van der Waals surface area contributed by atoms with Crippen molar-refractivity contribution in [2.45, 2.75) is 19.4 Å². The van der Waals surface area contributed by atoms with Gasteiger partial charge in [0.15, 0.2) is 0 Å². The van der Waals surface area contributed by atoms with E-state index in [-0.39, 0.29) is 0 Å². The van der Waals surface area contributed by atoms with Gasteiger partial charge in [0.05, 0.1) is 0 Å². The molecule has 0 aliphatic heterocycles. The number of nitrogens with zero attached hydrogens (tertiary/aromatic N) is 1. The lowest BCUT2D eigenvalue weighted by Gasteiger charge is -2.03. The number of H-pyrrole nitrogens is 1. The lowest BCUT2D eigenvalue weighted by molar-refractivity contribution is 0.0693. The van der Waals surface area contributed by atoms with Crippen molar-refractivity contribution < 1.29 is 9.90 Å². The van der Waals surface area contributed by atoms with Crippen LogP contribution in [0.15, 0.2) is 15.8 Å². The average molecular weight is 210 g/mol. The molecule has 0 radical (unpaired) electrons. The maximum atomic E-state index is 11.3. The Kier molecular flexibility index (Phi) is 2.18. The zero-order valence-corrected chi connectivity index (χ0v) is 7.90. The third-order valence-corrected chi connectivity index (χ3v) is 2.39. The zero-order valence-electron chi connectivity index (χ0n) is 7.90. The second-order valence-corrected chi connectivity index (χ2v) is 3.70. The molecule has 0 spiro atoms. The lowest BCUT2D eigenvalue weighted by atomic mass is 10.3. The van der Waals surface area contributed by atoms with Gasteiger partial charge in [0, 0.05) is 12.7 Å². The van der Waals surface area contributed by atoms with E-state index in [9.17, 15) is 14.4 Å². The fourth-order valence-corrected chi connectivity index (χ4v) is 1.38. The number of hydrogen-bond acceptors (Lipinski definition) is 3. The molecule has 1 fully saturated rings. The van der Waals surface area contributed by atoms with E-state index >= 15 is 0 Å². The molecule has 1 heterocycles. The summed E-state index contributed by atoms with van der Waals surface area (Å²) in [6.07, 6.45) is 3.21. The second-order valence-electron chi connectivity index (χ2n) is 3.70. The van der Waals surface area contributed by atoms with E-state index < -0.39 is 22.8 Å². The number of hydrogen-bond donors (Lipinski definition) is 2. The highest BCUT2D eigenvalue weighted by Gasteiger charge is 2.23. The number of carboxylic acid groups (broad SMARTS) is 1. The number of aromatic carboxylic acids is 1. The van der Waals surface area contributed by atoms with Crippen LogP contribution >= 0.6 is 0 Å². The van der Waals surface area contributed by atoms with Crippen LogP contribution in [0.1, 0.15) is 23.2 Å². The summed E-state index contributed by atoms with van der Waals surface area (Å²) in [5.41, 5.74) is -1.79. The van der Waals surface area contributed by atoms with Gasteiger partial charge in [-0.15, -0.1) is 0 Å². The first-order chi connectivity index (χ1) is 7.08. The van der Waals surface area contributed by atoms with E-state index in [1.54, 1.807) is 0 Å². The van der Waals surface area contributed by atoms with E-state index in [0.29, 0.717) is 12.5 Å². The molecule has 15 heavy (non-hydrogen) atoms. The number of carboxylic acids is 1. The minimum Gasteiger partial charge on any atom is -0.477 e. The molecule has 6 nitrogen and oxygen atoms in total. The van der Waals surface area contributed by atoms with Crippen molar-refractivity contribution in [2.75, 3.05) is 0 Å². The smallest absolute Gasteiger partial charge is 0.342 e. The Morgan fingerprint density at radius 2 is 2.20 bits per heavy atom. The fraction of sp³-hybridized carbons (Fsp3) is 0.444. The molecule has 1 saturated carbocycles. The highest BCUT2D eigenvalue weighted by molar-refractivity contribution is 5.86. The molecule has 2 N–H and O–H groups in total. The molecular formula is C9H10N2O4. The van der Waals surface area contributed by atoms with Crippen LogP contribution in [0.5, 0.6) is 0 Å². The first-order valence-corrected chi connectivity index (χ1v) is 4.65. The highest BCUT2D eigenvalue weighted by atomic mass is 16.4. The molecular weight excluding hydrogens is 200 g/mol. The van der Waals surface area contributed by atoms with Gasteiger partial charge in [-0.25, -0.2) is 9.59 Å². The predicted octanol–water partition coefficient (Wildman–Crippen LogP) is -0.355. The van der Waals surface area contributed by atoms with Crippen LogP contribution in [0.3, 0.4) is 0 Å². The fourth-order valence-electron chi connectivity index (χ4n) is 1.38. The molecule has 0 bridgehead atoms. The predicted molar refractivity (Wildman–Crippen MR) is 51.0 cm³/mol. The van der Waals surface area contributed by atoms with Gasteiger partial charge in [0.1, 0.15) is 5.56 Å². The SMILES string of the molecule is O=C(O)c1cn(CC2CC2)c(=O)[nH]c1=O. The summed E-state index contributed by atoms with van der Waals surface area (Å²) < 4.78 is 1.25. The van der Waals surface area contributed by atoms with Crippen LogP contribution in [0, 0.1) is 5.92 Å². The van der Waals surface area contributed by atoms with Crippen LogP contribution in [0.2, 0.25) is 0 Å². The van der Waals surface area contributed by atoms with Gasteiger partial charge in [-0.2, -0.15) is 0 Å². The lowest BCUT2D eigenvalue weighted by Crippen LogP contribution is -2.33. The van der Waals surface area contributed by atoms with E-state index in [1.165, 1.54) is 4.57 Å². The normalized spacial score (nSPS) is 15.2. The first kappa shape index (κ1) is 9.70. The largest absolute Gasteiger partial charge is 0.477 e. The van der Waals surface area contributed by atoms with E-state index in [2.05, 4.69) is 0 Å². The number of rotatable bonds is 3. The molecule has 1 aliphatic carbocycles. The number of aromatic nitrogens is 2. The quantitative estimate of drug-likeness (QED) is 0.712. The third-order valence-electron chi connectivity index (χ3n) is 2.39. The standard InChI is InChI=1S/C9H10N2O4/c12-7-6(8(13)14)4-11(9(15)10-7)3-5-1-2-5/h4-5H,1-3H2,(H,13,14)(H,10,12,15). The van der Waals surface area contributed by atoms with Crippen molar-refractivity contribution in [2.24, 2.45) is 5.92 Å². The minimum absolute atomic E-state index is 0.393. The maximum absolute atomic E-state index is 11.3. The van der Waals surface area contributed by atoms with Crippen molar-refractivity contribution in [1.82, 2.24) is 9.55 Å². The van der Waals surface area contributed by atoms with Crippen molar-refractivity contribution in [1.29, 1.82) is 0 Å². The summed E-state index contributed by atoms with van der Waals surface area (Å²) in [6.45, 7) is 0.482. The molecule has 0 unspecified atom stereocenters. The van der Waals surface area contributed by atoms with E-state index in [0.717, 1.165) is 19.0 Å². The number of carbonyl (C=O) groups is 1. The van der Waals surface area contributed by atoms with Crippen molar-refractivity contribution in [3.05, 3.63) is 32.6 Å². The van der Waals surface area contributed by atoms with E-state index in [1.807, 2.05) is 4.98 Å². The molecule has 2 rings (SSSR count). The summed E-state index contributed by atoms with van der Waals surface area (Å²) >= 11 is 0. The topological polar surface area (TPSA) is 92.2 Å². The molecule has 6 heteroatoms. The van der Waals surface area contributed by atoms with Crippen LogP contribution in [-0.2, 0) is 6.54 Å². The van der Waals surface area contributed by atoms with Gasteiger partial charge in [0.25, 0.3) is 5.56 Å². The minimum atomic E-state index is -1.32. The van der Waals surface area contributed by atoms with Crippen LogP contribution in [0.25, 0.3) is 0 Å². The number of nitrogens with one attached hydrogen (secondary N) is 1. The summed E-state index contributed by atoms with van der Waals surface area (Å²) in [6, 6.07) is 0. The first-order valence-electron chi connectivity index (χ1n) is 4.65. The summed E-state index contributed by atoms with van der Waals surface area (Å²) in [5.74, 6) is -0.879. The second kappa shape index (κ2) is 3.38. The molecule has 0 amide bonds. The Balaban J connectivity index is 2.45. The summed E-state index contributed by atoms with van der Waals surface area (Å²) in [7, 11) is 0. The highest BCUT2D eigenvalue weighted by Crippen LogP contribution is 2.29. The molecule has 1 aromatic heterocycles. The van der Waals surface area contributed by atoms with Crippen LogP contribution in [0.4, 0.5) is 0 Å². The average Bonchev–Trinajstić information content (AvgIpc) is 2.92. The Bertz CT molecular complexity index is 510. The van der Waals surface area contributed by atoms with E-state index in [4.69, 9.17) is 5.11 Å². The van der Waals surface area contributed by atoms with Crippen LogP contribution in [-0.4, -0.2) is 20.6 Å². The van der Waals surface area contributed by atoms with Gasteiger partial charge in [-0.05, 0) is 18.8 Å². The monoisotopic (exact) mass is 210 g/mol. The molecule has 80 valence electrons. The van der Waals surface area contributed by atoms with Gasteiger partial charge in [-0.1, -0.05) is 0 Å². The molecule has 1 aliphatic rings. The summed E-state index contributed by atoms with van der Waals surface area (Å²) in [5, 5.41) is 8.70. The summed E-state index contributed by atoms with van der Waals surface area (Å²) in [4.78, 5) is 35.0. The molecule has 0 saturated heterocycles. The third kappa shape index (κ3) is 1.98.